The predicted molar refractivity (Wildman–Crippen MR) is 166 cm³/mol. The van der Waals surface area contributed by atoms with E-state index in [9.17, 15) is 18.8 Å². The largest absolute Gasteiger partial charge is 0.349 e. The fraction of sp³-hybridized carbons (Fsp3) is 0.394. The van der Waals surface area contributed by atoms with Crippen molar-refractivity contribution < 1.29 is 9.18 Å². The van der Waals surface area contributed by atoms with E-state index < -0.39 is 11.4 Å². The predicted octanol–water partition coefficient (Wildman–Crippen LogP) is 5.91. The minimum absolute atomic E-state index is 0.0551. The summed E-state index contributed by atoms with van der Waals surface area (Å²) in [5, 5.41) is 3.32. The summed E-state index contributed by atoms with van der Waals surface area (Å²) in [6, 6.07) is 16.8. The van der Waals surface area contributed by atoms with Crippen LogP contribution in [0.1, 0.15) is 73.5 Å². The molecule has 0 spiro atoms. The van der Waals surface area contributed by atoms with E-state index in [-0.39, 0.29) is 40.8 Å². The molecule has 0 unspecified atom stereocenters. The average Bonchev–Trinajstić information content (AvgIpc) is 3.03. The molecular formula is C33H35FN4O3S. The van der Waals surface area contributed by atoms with Gasteiger partial charge in [-0.2, -0.15) is 11.8 Å². The molecule has 0 bridgehead atoms. The topological polar surface area (TPSA) is 86.0 Å². The van der Waals surface area contributed by atoms with Crippen molar-refractivity contribution in [3.05, 3.63) is 98.6 Å². The van der Waals surface area contributed by atoms with Gasteiger partial charge in [0.25, 0.3) is 11.5 Å². The van der Waals surface area contributed by atoms with E-state index in [0.29, 0.717) is 31.2 Å². The normalized spacial score (nSPS) is 19.6. The Balaban J connectivity index is 1.20. The monoisotopic (exact) mass is 586 g/mol. The van der Waals surface area contributed by atoms with Crippen molar-refractivity contribution in [1.82, 2.24) is 19.4 Å². The highest BCUT2D eigenvalue weighted by Gasteiger charge is 2.30. The molecule has 9 heteroatoms. The second-order valence-corrected chi connectivity index (χ2v) is 12.5. The second kappa shape index (κ2) is 12.3. The van der Waals surface area contributed by atoms with E-state index in [4.69, 9.17) is 0 Å². The number of aromatic nitrogens is 3. The SMILES string of the molecule is CCc1cc(C(=O)NC2CCC(n3c(=O)c4cc(F)cnc4n(C4CCSCC4)c3=O)CC2)ccc1-c1ccccc1. The zero-order valence-corrected chi connectivity index (χ0v) is 24.5. The smallest absolute Gasteiger partial charge is 0.333 e. The Morgan fingerprint density at radius 1 is 0.952 bits per heavy atom. The highest BCUT2D eigenvalue weighted by atomic mass is 32.2. The maximum absolute atomic E-state index is 14.2. The Labute approximate surface area is 248 Å². The molecule has 3 heterocycles. The van der Waals surface area contributed by atoms with Crippen LogP contribution in [0, 0.1) is 5.82 Å². The fourth-order valence-corrected chi connectivity index (χ4v) is 7.55. The van der Waals surface area contributed by atoms with Gasteiger partial charge in [-0.25, -0.2) is 14.2 Å². The number of hydrogen-bond acceptors (Lipinski definition) is 5. The fourth-order valence-electron chi connectivity index (χ4n) is 6.47. The number of nitrogens with zero attached hydrogens (tertiary/aromatic N) is 3. The number of benzene rings is 2. The van der Waals surface area contributed by atoms with E-state index in [2.05, 4.69) is 29.4 Å². The molecule has 1 aliphatic heterocycles. The lowest BCUT2D eigenvalue weighted by atomic mass is 9.90. The van der Waals surface area contributed by atoms with Gasteiger partial charge in [0, 0.05) is 23.7 Å². The van der Waals surface area contributed by atoms with Gasteiger partial charge in [-0.1, -0.05) is 43.3 Å². The van der Waals surface area contributed by atoms with E-state index in [1.165, 1.54) is 10.6 Å². The summed E-state index contributed by atoms with van der Waals surface area (Å²) < 4.78 is 17.2. The molecule has 0 atom stereocenters. The lowest BCUT2D eigenvalue weighted by Crippen LogP contribution is -2.46. The second-order valence-electron chi connectivity index (χ2n) is 11.3. The summed E-state index contributed by atoms with van der Waals surface area (Å²) in [6.07, 6.45) is 5.93. The molecule has 7 nitrogen and oxygen atoms in total. The number of hydrogen-bond donors (Lipinski definition) is 1. The van der Waals surface area contributed by atoms with Crippen molar-refractivity contribution in [3.63, 3.8) is 0 Å². The molecule has 0 radical (unpaired) electrons. The standard InChI is InChI=1S/C33H35FN4O3S/c1-2-21-18-23(8-13-28(21)22-6-4-3-5-7-22)31(39)36-25-9-11-26(12-10-25)38-32(40)29-19-24(34)20-35-30(29)37(33(38)41)27-14-16-42-17-15-27/h3-8,13,18-20,25-27H,2,9-12,14-17H2,1H3,(H,36,39). The van der Waals surface area contributed by atoms with Crippen LogP contribution in [-0.4, -0.2) is 37.6 Å². The number of nitrogens with one attached hydrogen (secondary N) is 1. The van der Waals surface area contributed by atoms with Gasteiger partial charge in [-0.05, 0) is 91.3 Å². The van der Waals surface area contributed by atoms with E-state index >= 15 is 0 Å². The van der Waals surface area contributed by atoms with Crippen molar-refractivity contribution in [2.45, 2.75) is 70.0 Å². The van der Waals surface area contributed by atoms with Crippen molar-refractivity contribution in [2.75, 3.05) is 11.5 Å². The van der Waals surface area contributed by atoms with Gasteiger partial charge in [-0.15, -0.1) is 0 Å². The minimum atomic E-state index is -0.593. The highest BCUT2D eigenvalue weighted by Crippen LogP contribution is 2.31. The Bertz CT molecular complexity index is 1720. The molecule has 218 valence electrons. The summed E-state index contributed by atoms with van der Waals surface area (Å²) in [7, 11) is 0. The van der Waals surface area contributed by atoms with Gasteiger partial charge < -0.3 is 5.32 Å². The van der Waals surface area contributed by atoms with Crippen LogP contribution in [0.25, 0.3) is 22.2 Å². The molecule has 1 saturated heterocycles. The van der Waals surface area contributed by atoms with Crippen LogP contribution in [0.4, 0.5) is 4.39 Å². The van der Waals surface area contributed by atoms with Crippen LogP contribution in [0.15, 0.2) is 70.4 Å². The molecule has 2 aromatic heterocycles. The van der Waals surface area contributed by atoms with Gasteiger partial charge in [-0.3, -0.25) is 18.7 Å². The number of amides is 1. The van der Waals surface area contributed by atoms with Crippen molar-refractivity contribution in [1.29, 1.82) is 0 Å². The lowest BCUT2D eigenvalue weighted by Gasteiger charge is -2.31. The molecule has 2 fully saturated rings. The van der Waals surface area contributed by atoms with Crippen LogP contribution in [-0.2, 0) is 6.42 Å². The van der Waals surface area contributed by atoms with Crippen LogP contribution >= 0.6 is 11.8 Å². The molecule has 42 heavy (non-hydrogen) atoms. The third kappa shape index (κ3) is 5.54. The van der Waals surface area contributed by atoms with E-state index in [0.717, 1.165) is 53.7 Å². The van der Waals surface area contributed by atoms with Crippen LogP contribution < -0.4 is 16.6 Å². The third-order valence-electron chi connectivity index (χ3n) is 8.71. The zero-order chi connectivity index (χ0) is 29.2. The Morgan fingerprint density at radius 3 is 2.38 bits per heavy atom. The van der Waals surface area contributed by atoms with Crippen LogP contribution in [0.2, 0.25) is 0 Å². The number of fused-ring (bicyclic) bond motifs is 1. The number of carbonyl (C=O) groups excluding carboxylic acids is 1. The van der Waals surface area contributed by atoms with E-state index in [1.54, 1.807) is 4.57 Å². The first-order chi connectivity index (χ1) is 20.4. The first-order valence-corrected chi connectivity index (χ1v) is 16.0. The van der Waals surface area contributed by atoms with Gasteiger partial charge >= 0.3 is 5.69 Å². The molecule has 4 aromatic rings. The number of carbonyl (C=O) groups is 1. The van der Waals surface area contributed by atoms with Gasteiger partial charge in [0.15, 0.2) is 0 Å². The molecule has 1 saturated carbocycles. The Kier molecular flexibility index (Phi) is 8.29. The van der Waals surface area contributed by atoms with Crippen LogP contribution in [0.3, 0.4) is 0 Å². The summed E-state index contributed by atoms with van der Waals surface area (Å²) >= 11 is 1.85. The number of thioether (sulfide) groups is 1. The molecule has 2 aromatic carbocycles. The maximum Gasteiger partial charge on any atom is 0.333 e. The molecule has 1 aliphatic carbocycles. The first-order valence-electron chi connectivity index (χ1n) is 14.8. The summed E-state index contributed by atoms with van der Waals surface area (Å²) in [4.78, 5) is 44.8. The number of pyridine rings is 1. The summed E-state index contributed by atoms with van der Waals surface area (Å²) in [5.74, 6) is 1.15. The van der Waals surface area contributed by atoms with Gasteiger partial charge in [0.2, 0.25) is 0 Å². The van der Waals surface area contributed by atoms with Gasteiger partial charge in [0.05, 0.1) is 11.6 Å². The average molecular weight is 587 g/mol. The quantitative estimate of drug-likeness (QED) is 0.304. The minimum Gasteiger partial charge on any atom is -0.349 e. The molecule has 6 rings (SSSR count). The van der Waals surface area contributed by atoms with Crippen molar-refractivity contribution in [2.24, 2.45) is 0 Å². The molecular weight excluding hydrogens is 551 g/mol. The number of aryl methyl sites for hydroxylation is 1. The zero-order valence-electron chi connectivity index (χ0n) is 23.7. The molecule has 2 aliphatic rings. The van der Waals surface area contributed by atoms with Crippen molar-refractivity contribution in [3.8, 4) is 11.1 Å². The van der Waals surface area contributed by atoms with Crippen molar-refractivity contribution >= 4 is 28.7 Å². The lowest BCUT2D eigenvalue weighted by molar-refractivity contribution is 0.0921. The highest BCUT2D eigenvalue weighted by molar-refractivity contribution is 7.99. The Morgan fingerprint density at radius 2 is 1.67 bits per heavy atom. The third-order valence-corrected chi connectivity index (χ3v) is 9.76. The van der Waals surface area contributed by atoms with Gasteiger partial charge in [0.1, 0.15) is 11.5 Å². The van der Waals surface area contributed by atoms with Crippen LogP contribution in [0.5, 0.6) is 0 Å². The summed E-state index contributed by atoms with van der Waals surface area (Å²) in [5.41, 5.74) is 3.43. The molecule has 1 N–H and O–H groups in total. The Hall–Kier alpha value is -3.72. The van der Waals surface area contributed by atoms with E-state index in [1.807, 2.05) is 48.2 Å². The first kappa shape index (κ1) is 28.4. The number of rotatable bonds is 6. The maximum atomic E-state index is 14.2. The number of halogens is 1. The molecule has 1 amide bonds. The summed E-state index contributed by atoms with van der Waals surface area (Å²) in [6.45, 7) is 2.09.